The van der Waals surface area contributed by atoms with Crippen molar-refractivity contribution in [3.63, 3.8) is 0 Å². The van der Waals surface area contributed by atoms with Gasteiger partial charge < -0.3 is 15.4 Å². The summed E-state index contributed by atoms with van der Waals surface area (Å²) in [5.74, 6) is -0.262. The van der Waals surface area contributed by atoms with Crippen LogP contribution in [0.4, 0.5) is 11.4 Å². The number of anilines is 2. The van der Waals surface area contributed by atoms with Gasteiger partial charge in [0, 0.05) is 40.4 Å². The van der Waals surface area contributed by atoms with E-state index in [0.29, 0.717) is 29.6 Å². The van der Waals surface area contributed by atoms with Crippen LogP contribution in [0.15, 0.2) is 71.8 Å². The number of nitrogens with one attached hydrogen (secondary N) is 2. The lowest BCUT2D eigenvalue weighted by molar-refractivity contribution is -0.119. The number of carbonyl (C=O) groups is 1. The predicted octanol–water partition coefficient (Wildman–Crippen LogP) is 5.98. The van der Waals surface area contributed by atoms with E-state index in [4.69, 9.17) is 27.9 Å². The van der Waals surface area contributed by atoms with Crippen molar-refractivity contribution in [3.05, 3.63) is 88.0 Å². The Kier molecular flexibility index (Phi) is 9.40. The summed E-state index contributed by atoms with van der Waals surface area (Å²) in [4.78, 5) is 17.3. The summed E-state index contributed by atoms with van der Waals surface area (Å²) in [6, 6.07) is 17.2. The molecule has 2 N–H and O–H groups in total. The molecular weight excluding hydrogens is 571 g/mol. The van der Waals surface area contributed by atoms with Crippen LogP contribution in [0, 0.1) is 13.8 Å². The van der Waals surface area contributed by atoms with Crippen LogP contribution in [0.1, 0.15) is 17.5 Å². The highest BCUT2D eigenvalue weighted by molar-refractivity contribution is 7.93. The van der Waals surface area contributed by atoms with Crippen molar-refractivity contribution in [2.75, 3.05) is 36.4 Å². The highest BCUT2D eigenvalue weighted by Crippen LogP contribution is 2.32. The molecule has 1 aromatic heterocycles. The van der Waals surface area contributed by atoms with E-state index in [1.54, 1.807) is 49.5 Å². The first-order chi connectivity index (χ1) is 19.1. The molecule has 4 aromatic rings. The maximum absolute atomic E-state index is 13.9. The zero-order chi connectivity index (χ0) is 28.9. The maximum atomic E-state index is 13.9. The zero-order valence-corrected chi connectivity index (χ0v) is 24.7. The number of amides is 1. The second-order valence-electron chi connectivity index (χ2n) is 9.25. The molecule has 0 atom stereocenters. The van der Waals surface area contributed by atoms with E-state index in [-0.39, 0.29) is 16.3 Å². The number of halogens is 2. The quantitative estimate of drug-likeness (QED) is 0.205. The van der Waals surface area contributed by atoms with Gasteiger partial charge in [0.1, 0.15) is 17.2 Å². The molecule has 0 radical (unpaired) electrons. The van der Waals surface area contributed by atoms with Crippen molar-refractivity contribution in [1.82, 2.24) is 10.3 Å². The van der Waals surface area contributed by atoms with Gasteiger partial charge in [-0.2, -0.15) is 0 Å². The van der Waals surface area contributed by atoms with Crippen molar-refractivity contribution < 1.29 is 17.9 Å². The van der Waals surface area contributed by atoms with Gasteiger partial charge in [0.2, 0.25) is 5.91 Å². The van der Waals surface area contributed by atoms with E-state index in [1.807, 2.05) is 25.1 Å². The first-order valence-electron chi connectivity index (χ1n) is 12.6. The minimum absolute atomic E-state index is 0.0328. The van der Waals surface area contributed by atoms with E-state index in [2.05, 4.69) is 15.6 Å². The van der Waals surface area contributed by atoms with Gasteiger partial charge in [-0.05, 0) is 79.9 Å². The summed E-state index contributed by atoms with van der Waals surface area (Å²) in [7, 11) is -2.77. The number of aromatic nitrogens is 1. The zero-order valence-electron chi connectivity index (χ0n) is 22.4. The Balaban J connectivity index is 1.45. The lowest BCUT2D eigenvalue weighted by atomic mass is 10.2. The number of carbonyl (C=O) groups excluding carboxylic acids is 1. The highest BCUT2D eigenvalue weighted by atomic mass is 35.5. The number of nitrogens with zero attached hydrogens (tertiary/aromatic N) is 2. The number of fused-ring (bicyclic) bond motifs is 1. The smallest absolute Gasteiger partial charge is 0.268 e. The molecule has 1 amide bonds. The average Bonchev–Trinajstić information content (AvgIpc) is 2.93. The van der Waals surface area contributed by atoms with Gasteiger partial charge in [-0.25, -0.2) is 8.42 Å². The van der Waals surface area contributed by atoms with E-state index >= 15 is 0 Å². The van der Waals surface area contributed by atoms with Crippen LogP contribution in [0.5, 0.6) is 5.75 Å². The molecule has 8 nitrogen and oxygen atoms in total. The van der Waals surface area contributed by atoms with Gasteiger partial charge in [0.15, 0.2) is 0 Å². The molecule has 0 unspecified atom stereocenters. The van der Waals surface area contributed by atoms with Crippen LogP contribution in [0.2, 0.25) is 10.0 Å². The van der Waals surface area contributed by atoms with Crippen LogP contribution in [0.3, 0.4) is 0 Å². The third-order valence-electron chi connectivity index (χ3n) is 6.31. The average molecular weight is 602 g/mol. The first kappa shape index (κ1) is 29.5. The van der Waals surface area contributed by atoms with Gasteiger partial charge in [0.05, 0.1) is 18.3 Å². The van der Waals surface area contributed by atoms with Crippen LogP contribution < -0.4 is 19.7 Å². The fraction of sp³-hybridized carbons (Fsp3) is 0.241. The van der Waals surface area contributed by atoms with Gasteiger partial charge in [-0.1, -0.05) is 35.3 Å². The number of rotatable bonds is 11. The summed E-state index contributed by atoms with van der Waals surface area (Å²) < 4.78 is 34.1. The SMILES string of the molecule is COc1ccc(C)cc1S(=O)(=O)N(CC(=O)NCCCNc1ccnc2cc(Cl)ccc12)c1ccc(C)c(Cl)c1. The fourth-order valence-corrected chi connectivity index (χ4v) is 6.15. The Morgan fingerprint density at radius 2 is 1.80 bits per heavy atom. The number of hydrogen-bond acceptors (Lipinski definition) is 6. The molecule has 0 aliphatic rings. The first-order valence-corrected chi connectivity index (χ1v) is 14.8. The van der Waals surface area contributed by atoms with Crippen molar-refractivity contribution in [3.8, 4) is 5.75 Å². The molecule has 0 fully saturated rings. The monoisotopic (exact) mass is 600 g/mol. The number of pyridine rings is 1. The highest BCUT2D eigenvalue weighted by Gasteiger charge is 2.30. The predicted molar refractivity (Wildman–Crippen MR) is 161 cm³/mol. The van der Waals surface area contributed by atoms with Crippen LogP contribution >= 0.6 is 23.2 Å². The van der Waals surface area contributed by atoms with Gasteiger partial charge in [-0.3, -0.25) is 14.1 Å². The summed E-state index contributed by atoms with van der Waals surface area (Å²) in [6.07, 6.45) is 2.32. The number of benzene rings is 3. The number of aryl methyl sites for hydroxylation is 2. The normalized spacial score (nSPS) is 11.3. The minimum Gasteiger partial charge on any atom is -0.495 e. The number of methoxy groups -OCH3 is 1. The van der Waals surface area contributed by atoms with Gasteiger partial charge >= 0.3 is 0 Å². The third-order valence-corrected chi connectivity index (χ3v) is 8.75. The molecule has 3 aromatic carbocycles. The Bertz CT molecular complexity index is 1650. The van der Waals surface area contributed by atoms with E-state index < -0.39 is 22.5 Å². The number of sulfonamides is 1. The Labute approximate surface area is 244 Å². The summed E-state index contributed by atoms with van der Waals surface area (Å²) in [6.45, 7) is 4.10. The lowest BCUT2D eigenvalue weighted by Gasteiger charge is -2.25. The molecule has 0 bridgehead atoms. The number of ether oxygens (including phenoxy) is 1. The fourth-order valence-electron chi connectivity index (χ4n) is 4.16. The van der Waals surface area contributed by atoms with Gasteiger partial charge in [-0.15, -0.1) is 0 Å². The van der Waals surface area contributed by atoms with Crippen molar-refractivity contribution in [2.24, 2.45) is 0 Å². The molecule has 0 saturated carbocycles. The second-order valence-corrected chi connectivity index (χ2v) is 11.9. The molecule has 0 aliphatic carbocycles. The van der Waals surface area contributed by atoms with E-state index in [9.17, 15) is 13.2 Å². The lowest BCUT2D eigenvalue weighted by Crippen LogP contribution is -2.41. The number of hydrogen-bond donors (Lipinski definition) is 2. The molecule has 0 aliphatic heterocycles. The molecule has 0 spiro atoms. The largest absolute Gasteiger partial charge is 0.495 e. The molecule has 1 heterocycles. The third kappa shape index (κ3) is 6.78. The maximum Gasteiger partial charge on any atom is 0.268 e. The van der Waals surface area contributed by atoms with Crippen LogP contribution in [-0.4, -0.2) is 46.1 Å². The molecule has 210 valence electrons. The molecule has 40 heavy (non-hydrogen) atoms. The van der Waals surface area contributed by atoms with Crippen molar-refractivity contribution in [2.45, 2.75) is 25.2 Å². The minimum atomic E-state index is -4.18. The summed E-state index contributed by atoms with van der Waals surface area (Å²) >= 11 is 12.4. The molecular formula is C29H30Cl2N4O4S. The van der Waals surface area contributed by atoms with E-state index in [0.717, 1.165) is 32.0 Å². The topological polar surface area (TPSA) is 101 Å². The van der Waals surface area contributed by atoms with Gasteiger partial charge in [0.25, 0.3) is 10.0 Å². The molecule has 4 rings (SSSR count). The summed E-state index contributed by atoms with van der Waals surface area (Å²) in [5, 5.41) is 8.13. The van der Waals surface area contributed by atoms with Crippen molar-refractivity contribution >= 4 is 61.4 Å². The standard InChI is InChI=1S/C29H30Cl2N4O4S/c1-19-5-10-27(39-3)28(15-19)40(37,38)35(22-8-6-20(2)24(31)17-22)18-29(36)34-13-4-12-32-25-11-14-33-26-16-21(30)7-9-23(25)26/h5-11,14-17H,4,12-13,18H2,1-3H3,(H,32,33)(H,34,36). The van der Waals surface area contributed by atoms with Crippen molar-refractivity contribution in [1.29, 1.82) is 0 Å². The Hall–Kier alpha value is -3.53. The van der Waals surface area contributed by atoms with Crippen LogP contribution in [0.25, 0.3) is 10.9 Å². The van der Waals surface area contributed by atoms with E-state index in [1.165, 1.54) is 13.2 Å². The van der Waals surface area contributed by atoms with Crippen LogP contribution in [-0.2, 0) is 14.8 Å². The Morgan fingerprint density at radius 1 is 1.00 bits per heavy atom. The molecule has 0 saturated heterocycles. The Morgan fingerprint density at radius 3 is 2.55 bits per heavy atom. The summed E-state index contributed by atoms with van der Waals surface area (Å²) in [5.41, 5.74) is 3.50. The second kappa shape index (κ2) is 12.8. The molecule has 11 heteroatoms.